The fourth-order valence-corrected chi connectivity index (χ4v) is 3.59. The molecule has 3 aromatic carbocycles. The Morgan fingerprint density at radius 2 is 1.37 bits per heavy atom. The molecule has 0 amide bonds. The van der Waals surface area contributed by atoms with Crippen molar-refractivity contribution in [1.29, 1.82) is 0 Å². The maximum Gasteiger partial charge on any atom is 0.220 e. The van der Waals surface area contributed by atoms with E-state index in [0.717, 1.165) is 32.4 Å². The molecule has 0 bridgehead atoms. The minimum absolute atomic E-state index is 0. The van der Waals surface area contributed by atoms with Crippen LogP contribution < -0.4 is 31.2 Å². The van der Waals surface area contributed by atoms with E-state index in [1.54, 1.807) is 27.4 Å². The lowest BCUT2D eigenvalue weighted by Gasteiger charge is -2.11. The molecule has 0 radical (unpaired) electrons. The summed E-state index contributed by atoms with van der Waals surface area (Å²) in [6, 6.07) is 11.7. The van der Waals surface area contributed by atoms with Gasteiger partial charge in [-0.05, 0) is 35.7 Å². The second-order valence-electron chi connectivity index (χ2n) is 6.24. The highest BCUT2D eigenvalue weighted by atomic mass is 35.5. The highest BCUT2D eigenvalue weighted by Gasteiger charge is 2.18. The number of ether oxygens (including phenoxy) is 3. The molecule has 0 aliphatic carbocycles. The molecule has 0 aliphatic heterocycles. The van der Waals surface area contributed by atoms with E-state index in [9.17, 15) is 5.11 Å². The molecule has 27 heavy (non-hydrogen) atoms. The molecule has 0 saturated carbocycles. The molecular formula is C21H20ClNO4. The number of rotatable bonds is 3. The Hall–Kier alpha value is -2.92. The van der Waals surface area contributed by atoms with E-state index < -0.39 is 0 Å². The molecule has 0 spiro atoms. The van der Waals surface area contributed by atoms with Crippen molar-refractivity contribution < 1.29 is 36.3 Å². The number of hydrogen-bond donors (Lipinski definition) is 1. The molecule has 1 heterocycles. The van der Waals surface area contributed by atoms with Crippen molar-refractivity contribution in [3.63, 3.8) is 0 Å². The van der Waals surface area contributed by atoms with Crippen LogP contribution in [0.1, 0.15) is 0 Å². The summed E-state index contributed by atoms with van der Waals surface area (Å²) in [6.07, 6.45) is 2.06. The molecule has 1 N–H and O–H groups in total. The zero-order chi connectivity index (χ0) is 18.4. The van der Waals surface area contributed by atoms with Crippen molar-refractivity contribution in [3.05, 3.63) is 42.6 Å². The Kier molecular flexibility index (Phi) is 4.89. The summed E-state index contributed by atoms with van der Waals surface area (Å²) >= 11 is 0. The van der Waals surface area contributed by atoms with Crippen LogP contribution in [-0.4, -0.2) is 26.4 Å². The van der Waals surface area contributed by atoms with Gasteiger partial charge in [-0.3, -0.25) is 0 Å². The first-order chi connectivity index (χ1) is 12.6. The predicted octanol–water partition coefficient (Wildman–Crippen LogP) is 0.706. The van der Waals surface area contributed by atoms with Crippen LogP contribution in [0.4, 0.5) is 0 Å². The van der Waals surface area contributed by atoms with Crippen LogP contribution >= 0.6 is 0 Å². The molecule has 1 aromatic heterocycles. The van der Waals surface area contributed by atoms with Crippen LogP contribution in [0.2, 0.25) is 0 Å². The number of aromatic hydroxyl groups is 1. The monoisotopic (exact) mass is 385 g/mol. The smallest absolute Gasteiger partial charge is 0.220 e. The van der Waals surface area contributed by atoms with Crippen molar-refractivity contribution in [2.45, 2.75) is 0 Å². The first-order valence-electron chi connectivity index (χ1n) is 8.25. The summed E-state index contributed by atoms with van der Waals surface area (Å²) < 4.78 is 18.2. The van der Waals surface area contributed by atoms with Gasteiger partial charge in [0.25, 0.3) is 0 Å². The van der Waals surface area contributed by atoms with Gasteiger partial charge in [0, 0.05) is 5.39 Å². The first-order valence-corrected chi connectivity index (χ1v) is 8.25. The van der Waals surface area contributed by atoms with E-state index in [1.165, 1.54) is 0 Å². The zero-order valence-corrected chi connectivity index (χ0v) is 16.3. The van der Waals surface area contributed by atoms with Gasteiger partial charge in [-0.25, -0.2) is 0 Å². The molecule has 4 rings (SSSR count). The lowest BCUT2D eigenvalue weighted by molar-refractivity contribution is -0.642. The van der Waals surface area contributed by atoms with Crippen molar-refractivity contribution >= 4 is 32.4 Å². The summed E-state index contributed by atoms with van der Waals surface area (Å²) in [5.74, 6) is 1.97. The molecule has 0 aliphatic rings. The van der Waals surface area contributed by atoms with Gasteiger partial charge in [0.2, 0.25) is 5.52 Å². The number of fused-ring (bicyclic) bond motifs is 5. The Morgan fingerprint density at radius 1 is 0.741 bits per heavy atom. The summed E-state index contributed by atoms with van der Waals surface area (Å²) in [7, 11) is 6.82. The van der Waals surface area contributed by atoms with Crippen LogP contribution in [0.5, 0.6) is 23.0 Å². The third-order valence-electron chi connectivity index (χ3n) is 4.82. The van der Waals surface area contributed by atoms with Gasteiger partial charge in [-0.15, -0.1) is 0 Å². The topological polar surface area (TPSA) is 51.8 Å². The maximum atomic E-state index is 10.3. The van der Waals surface area contributed by atoms with Crippen molar-refractivity contribution in [3.8, 4) is 23.0 Å². The lowest BCUT2D eigenvalue weighted by Crippen LogP contribution is -3.00. The van der Waals surface area contributed by atoms with Crippen LogP contribution in [0, 0.1) is 0 Å². The highest BCUT2D eigenvalue weighted by Crippen LogP contribution is 2.38. The number of aryl methyl sites for hydroxylation is 1. The van der Waals surface area contributed by atoms with E-state index in [4.69, 9.17) is 14.2 Å². The Balaban J connectivity index is 0.00000210. The molecule has 0 saturated heterocycles. The van der Waals surface area contributed by atoms with Crippen molar-refractivity contribution in [2.75, 3.05) is 21.3 Å². The van der Waals surface area contributed by atoms with E-state index in [2.05, 4.69) is 16.8 Å². The molecule has 6 heteroatoms. The van der Waals surface area contributed by atoms with Crippen LogP contribution in [0.15, 0.2) is 42.6 Å². The summed E-state index contributed by atoms with van der Waals surface area (Å²) in [6.45, 7) is 0. The highest BCUT2D eigenvalue weighted by molar-refractivity contribution is 6.14. The average molecular weight is 386 g/mol. The summed E-state index contributed by atoms with van der Waals surface area (Å²) in [5, 5.41) is 15.4. The van der Waals surface area contributed by atoms with E-state index in [1.807, 2.05) is 31.3 Å². The van der Waals surface area contributed by atoms with Gasteiger partial charge >= 0.3 is 0 Å². The predicted molar refractivity (Wildman–Crippen MR) is 101 cm³/mol. The average Bonchev–Trinajstić information content (AvgIpc) is 2.65. The van der Waals surface area contributed by atoms with E-state index in [-0.39, 0.29) is 18.2 Å². The minimum atomic E-state index is 0. The third-order valence-corrected chi connectivity index (χ3v) is 4.82. The van der Waals surface area contributed by atoms with Gasteiger partial charge in [-0.1, -0.05) is 6.07 Å². The molecule has 0 fully saturated rings. The van der Waals surface area contributed by atoms with Crippen LogP contribution in [0.3, 0.4) is 0 Å². The van der Waals surface area contributed by atoms with Crippen molar-refractivity contribution in [1.82, 2.24) is 0 Å². The second kappa shape index (κ2) is 7.00. The Morgan fingerprint density at radius 3 is 2.04 bits per heavy atom. The van der Waals surface area contributed by atoms with Crippen LogP contribution in [-0.2, 0) is 7.05 Å². The number of halogens is 1. The minimum Gasteiger partial charge on any atom is -1.00 e. The number of hydrogen-bond acceptors (Lipinski definition) is 4. The number of benzene rings is 3. The largest absolute Gasteiger partial charge is 1.00 e. The number of nitrogens with zero attached hydrogens (tertiary/aromatic N) is 1. The standard InChI is InChI=1S/C21H19NO4.ClH/c1-22-11-13-8-19(25-3)20(26-4)10-15(13)14-6-5-12-7-18(24-2)17(23)9-16(12)21(14)22;/h5-11H,1-4H3;1H. The Bertz CT molecular complexity index is 1170. The molecule has 5 nitrogen and oxygen atoms in total. The van der Waals surface area contributed by atoms with Crippen molar-refractivity contribution in [2.24, 2.45) is 7.05 Å². The molecular weight excluding hydrogens is 366 g/mol. The maximum absolute atomic E-state index is 10.3. The number of phenolic OH excluding ortho intramolecular Hbond substituents is 1. The number of pyridine rings is 1. The number of methoxy groups -OCH3 is 3. The molecule has 140 valence electrons. The second-order valence-corrected chi connectivity index (χ2v) is 6.24. The number of phenols is 1. The van der Waals surface area contributed by atoms with Gasteiger partial charge in [0.15, 0.2) is 29.2 Å². The van der Waals surface area contributed by atoms with Gasteiger partial charge in [-0.2, -0.15) is 4.57 Å². The quantitative estimate of drug-likeness (QED) is 0.417. The third kappa shape index (κ3) is 2.84. The fraction of sp³-hybridized carbons (Fsp3) is 0.190. The molecule has 4 aromatic rings. The summed E-state index contributed by atoms with van der Waals surface area (Å²) in [5.41, 5.74) is 1.03. The fourth-order valence-electron chi connectivity index (χ4n) is 3.59. The summed E-state index contributed by atoms with van der Waals surface area (Å²) in [4.78, 5) is 0. The number of aromatic nitrogens is 1. The van der Waals surface area contributed by atoms with E-state index >= 15 is 0 Å². The van der Waals surface area contributed by atoms with Gasteiger partial charge < -0.3 is 31.7 Å². The SMILES string of the molecule is COc1cc2ccc3c4cc(OC)c(OC)cc4c[n+](C)c3c2cc1O.[Cl-]. The van der Waals surface area contributed by atoms with E-state index in [0.29, 0.717) is 17.2 Å². The molecule has 0 atom stereocenters. The zero-order valence-electron chi connectivity index (χ0n) is 15.5. The molecule has 0 unspecified atom stereocenters. The Labute approximate surface area is 163 Å². The van der Waals surface area contributed by atoms with Crippen LogP contribution in [0.25, 0.3) is 32.4 Å². The normalized spacial score (nSPS) is 10.8. The lowest BCUT2D eigenvalue weighted by atomic mass is 10.00. The van der Waals surface area contributed by atoms with Gasteiger partial charge in [0.05, 0.1) is 37.5 Å². The first kappa shape index (κ1) is 18.9. The van der Waals surface area contributed by atoms with Gasteiger partial charge in [0.1, 0.15) is 7.05 Å².